The van der Waals surface area contributed by atoms with Crippen molar-refractivity contribution in [3.8, 4) is 0 Å². The summed E-state index contributed by atoms with van der Waals surface area (Å²) in [6, 6.07) is 3.37. The molecule has 2 amide bonds. The number of nitrogens with zero attached hydrogens (tertiary/aromatic N) is 4. The second-order valence-electron chi connectivity index (χ2n) is 4.07. The van der Waals surface area contributed by atoms with Gasteiger partial charge in [-0.05, 0) is 12.1 Å². The summed E-state index contributed by atoms with van der Waals surface area (Å²) in [4.78, 5) is 23.5. The van der Waals surface area contributed by atoms with E-state index < -0.39 is 11.8 Å². The first kappa shape index (κ1) is 14.1. The fourth-order valence-electron chi connectivity index (χ4n) is 1.51. The number of carbonyl (C=O) groups excluding carboxylic acids is 2. The van der Waals surface area contributed by atoms with Gasteiger partial charge in [0.1, 0.15) is 5.69 Å². The largest absolute Gasteiger partial charge is 0.368 e. The molecule has 0 aliphatic rings. The molecule has 2 aromatic heterocycles. The van der Waals surface area contributed by atoms with Crippen LogP contribution in [0.15, 0.2) is 23.5 Å². The van der Waals surface area contributed by atoms with Crippen LogP contribution in [0.5, 0.6) is 0 Å². The fourth-order valence-corrected chi connectivity index (χ4v) is 2.22. The monoisotopic (exact) mass is 294 g/mol. The molecule has 0 aromatic carbocycles. The first-order chi connectivity index (χ1) is 9.49. The highest BCUT2D eigenvalue weighted by atomic mass is 32.2. The molecule has 0 spiro atoms. The zero-order valence-electron chi connectivity index (χ0n) is 11.0. The molecule has 2 heterocycles. The van der Waals surface area contributed by atoms with Gasteiger partial charge in [0.15, 0.2) is 5.16 Å². The number of rotatable bonds is 4. The van der Waals surface area contributed by atoms with Crippen molar-refractivity contribution in [3.05, 3.63) is 24.0 Å². The minimum Gasteiger partial charge on any atom is -0.368 e. The molecular weight excluding hydrogens is 280 g/mol. The van der Waals surface area contributed by atoms with Crippen LogP contribution in [0.25, 0.3) is 0 Å². The molecule has 8 nitrogen and oxygen atoms in total. The van der Waals surface area contributed by atoms with Crippen LogP contribution in [0, 0.1) is 0 Å². The summed E-state index contributed by atoms with van der Waals surface area (Å²) in [7, 11) is 3.43. The van der Waals surface area contributed by atoms with Gasteiger partial charge in [0.05, 0.1) is 5.75 Å². The van der Waals surface area contributed by atoms with Crippen molar-refractivity contribution in [2.24, 2.45) is 14.1 Å². The van der Waals surface area contributed by atoms with E-state index in [0.29, 0.717) is 10.9 Å². The number of amides is 2. The molecule has 0 atom stereocenters. The number of nitrogens with one attached hydrogen (secondary N) is 1. The van der Waals surface area contributed by atoms with Crippen LogP contribution in [0.1, 0.15) is 10.5 Å². The SMILES string of the molecule is Cn1cccc1C(=O)NC(=O)CSc1nnc(N)n1C. The molecule has 106 valence electrons. The van der Waals surface area contributed by atoms with Crippen molar-refractivity contribution < 1.29 is 9.59 Å². The molecule has 2 rings (SSSR count). The first-order valence-corrected chi connectivity index (χ1v) is 6.70. The maximum absolute atomic E-state index is 11.8. The van der Waals surface area contributed by atoms with Crippen molar-refractivity contribution >= 4 is 29.5 Å². The number of thioether (sulfide) groups is 1. The Bertz CT molecular complexity index is 647. The van der Waals surface area contributed by atoms with E-state index in [2.05, 4.69) is 15.5 Å². The van der Waals surface area contributed by atoms with Gasteiger partial charge in [-0.3, -0.25) is 19.5 Å². The van der Waals surface area contributed by atoms with Crippen LogP contribution in [0.2, 0.25) is 0 Å². The third kappa shape index (κ3) is 2.99. The molecular formula is C11H14N6O2S. The Hall–Kier alpha value is -2.29. The number of imide groups is 1. The maximum atomic E-state index is 11.8. The van der Waals surface area contributed by atoms with E-state index in [1.165, 1.54) is 0 Å². The van der Waals surface area contributed by atoms with E-state index in [0.717, 1.165) is 11.8 Å². The summed E-state index contributed by atoms with van der Waals surface area (Å²) in [6.45, 7) is 0. The predicted octanol–water partition coefficient (Wildman–Crippen LogP) is -0.216. The molecule has 20 heavy (non-hydrogen) atoms. The van der Waals surface area contributed by atoms with Gasteiger partial charge >= 0.3 is 0 Å². The summed E-state index contributed by atoms with van der Waals surface area (Å²) in [5, 5.41) is 10.3. The number of hydrogen-bond donors (Lipinski definition) is 2. The summed E-state index contributed by atoms with van der Waals surface area (Å²) in [6.07, 6.45) is 1.73. The van der Waals surface area contributed by atoms with Crippen LogP contribution in [-0.4, -0.2) is 36.9 Å². The highest BCUT2D eigenvalue weighted by Gasteiger charge is 2.14. The Kier molecular flexibility index (Phi) is 4.08. The van der Waals surface area contributed by atoms with E-state index in [4.69, 9.17) is 5.73 Å². The summed E-state index contributed by atoms with van der Waals surface area (Å²) in [5.41, 5.74) is 5.95. The smallest absolute Gasteiger partial charge is 0.274 e. The number of nitrogen functional groups attached to an aromatic ring is 1. The quantitative estimate of drug-likeness (QED) is 0.755. The minimum atomic E-state index is -0.430. The Labute approximate surface area is 119 Å². The highest BCUT2D eigenvalue weighted by Crippen LogP contribution is 2.15. The van der Waals surface area contributed by atoms with E-state index in [1.807, 2.05) is 0 Å². The summed E-state index contributed by atoms with van der Waals surface area (Å²) in [5.74, 6) is -0.501. The van der Waals surface area contributed by atoms with Gasteiger partial charge in [0, 0.05) is 20.3 Å². The standard InChI is InChI=1S/C11H14N6O2S/c1-16-5-3-4-7(16)9(19)13-8(18)6-20-11-15-14-10(12)17(11)2/h3-5H,6H2,1-2H3,(H2,12,14)(H,13,18,19). The van der Waals surface area contributed by atoms with E-state index >= 15 is 0 Å². The van der Waals surface area contributed by atoms with Crippen LogP contribution >= 0.6 is 11.8 Å². The Morgan fingerprint density at radius 1 is 1.40 bits per heavy atom. The van der Waals surface area contributed by atoms with Crippen LogP contribution in [0.3, 0.4) is 0 Å². The summed E-state index contributed by atoms with van der Waals surface area (Å²) >= 11 is 1.16. The Morgan fingerprint density at radius 3 is 2.70 bits per heavy atom. The predicted molar refractivity (Wildman–Crippen MR) is 74.0 cm³/mol. The van der Waals surface area contributed by atoms with Crippen LogP contribution < -0.4 is 11.1 Å². The van der Waals surface area contributed by atoms with E-state index in [1.54, 1.807) is 41.6 Å². The van der Waals surface area contributed by atoms with Crippen LogP contribution in [0.4, 0.5) is 5.95 Å². The Morgan fingerprint density at radius 2 is 2.15 bits per heavy atom. The number of carbonyl (C=O) groups is 2. The summed E-state index contributed by atoms with van der Waals surface area (Å²) < 4.78 is 3.20. The third-order valence-electron chi connectivity index (χ3n) is 2.63. The number of anilines is 1. The number of hydrogen-bond acceptors (Lipinski definition) is 6. The first-order valence-electron chi connectivity index (χ1n) is 5.72. The van der Waals surface area contributed by atoms with Gasteiger partial charge < -0.3 is 10.3 Å². The molecule has 0 saturated heterocycles. The lowest BCUT2D eigenvalue weighted by atomic mass is 10.4. The molecule has 3 N–H and O–H groups in total. The van der Waals surface area contributed by atoms with Crippen molar-refractivity contribution in [1.82, 2.24) is 24.6 Å². The zero-order valence-corrected chi connectivity index (χ0v) is 11.8. The minimum absolute atomic E-state index is 0.0577. The second-order valence-corrected chi connectivity index (χ2v) is 5.01. The van der Waals surface area contributed by atoms with E-state index in [-0.39, 0.29) is 11.7 Å². The normalized spacial score (nSPS) is 10.5. The molecule has 9 heteroatoms. The van der Waals surface area contributed by atoms with Gasteiger partial charge in [0.25, 0.3) is 5.91 Å². The molecule has 2 aromatic rings. The fraction of sp³-hybridized carbons (Fsp3) is 0.273. The van der Waals surface area contributed by atoms with Crippen LogP contribution in [-0.2, 0) is 18.9 Å². The topological polar surface area (TPSA) is 108 Å². The van der Waals surface area contributed by atoms with Crippen molar-refractivity contribution in [3.63, 3.8) is 0 Å². The average Bonchev–Trinajstić information content (AvgIpc) is 2.96. The lowest BCUT2D eigenvalue weighted by Crippen LogP contribution is -2.33. The van der Waals surface area contributed by atoms with Gasteiger partial charge in [0.2, 0.25) is 11.9 Å². The highest BCUT2D eigenvalue weighted by molar-refractivity contribution is 7.99. The molecule has 0 unspecified atom stereocenters. The molecule has 0 bridgehead atoms. The molecule has 0 radical (unpaired) electrons. The molecule has 0 saturated carbocycles. The van der Waals surface area contributed by atoms with Crippen molar-refractivity contribution in [2.75, 3.05) is 11.5 Å². The second kappa shape index (κ2) is 5.78. The molecule has 0 aliphatic carbocycles. The average molecular weight is 294 g/mol. The van der Waals surface area contributed by atoms with Crippen molar-refractivity contribution in [1.29, 1.82) is 0 Å². The Balaban J connectivity index is 1.89. The number of aromatic nitrogens is 4. The number of aryl methyl sites for hydroxylation is 1. The van der Waals surface area contributed by atoms with Gasteiger partial charge in [-0.2, -0.15) is 0 Å². The van der Waals surface area contributed by atoms with Gasteiger partial charge in [-0.15, -0.1) is 10.2 Å². The van der Waals surface area contributed by atoms with E-state index in [9.17, 15) is 9.59 Å². The lowest BCUT2D eigenvalue weighted by Gasteiger charge is -2.05. The van der Waals surface area contributed by atoms with Gasteiger partial charge in [-0.1, -0.05) is 11.8 Å². The lowest BCUT2D eigenvalue weighted by molar-refractivity contribution is -0.117. The maximum Gasteiger partial charge on any atom is 0.274 e. The van der Waals surface area contributed by atoms with Gasteiger partial charge in [-0.25, -0.2) is 0 Å². The molecule has 0 fully saturated rings. The number of nitrogens with two attached hydrogens (primary N) is 1. The van der Waals surface area contributed by atoms with Crippen molar-refractivity contribution in [2.45, 2.75) is 5.16 Å². The third-order valence-corrected chi connectivity index (χ3v) is 3.65. The zero-order chi connectivity index (χ0) is 14.7. The molecule has 0 aliphatic heterocycles.